The van der Waals surface area contributed by atoms with Gasteiger partial charge >= 0.3 is 0 Å². The lowest BCUT2D eigenvalue weighted by atomic mass is 10.0. The van der Waals surface area contributed by atoms with Crippen LogP contribution in [0.4, 0.5) is 0 Å². The van der Waals surface area contributed by atoms with Crippen molar-refractivity contribution in [2.45, 2.75) is 39.0 Å². The SMILES string of the molecule is C[C@H]1C=C(C(=O)NCc2nc3ccccc3[nH]2)O[C@@H](OCCCCO)C1. The van der Waals surface area contributed by atoms with E-state index in [2.05, 4.69) is 15.3 Å². The maximum Gasteiger partial charge on any atom is 0.286 e. The van der Waals surface area contributed by atoms with Crippen molar-refractivity contribution in [3.8, 4) is 0 Å². The Morgan fingerprint density at radius 2 is 2.27 bits per heavy atom. The summed E-state index contributed by atoms with van der Waals surface area (Å²) in [4.78, 5) is 20.0. The Hall–Kier alpha value is -2.38. The number of hydrogen-bond donors (Lipinski definition) is 3. The molecule has 0 bridgehead atoms. The highest BCUT2D eigenvalue weighted by Crippen LogP contribution is 2.23. The second kappa shape index (κ2) is 8.82. The topological polar surface area (TPSA) is 96.5 Å². The van der Waals surface area contributed by atoms with Crippen LogP contribution < -0.4 is 5.32 Å². The van der Waals surface area contributed by atoms with Gasteiger partial charge in [0.2, 0.25) is 6.29 Å². The van der Waals surface area contributed by atoms with Crippen LogP contribution in [0, 0.1) is 5.92 Å². The number of hydrogen-bond acceptors (Lipinski definition) is 5. The predicted molar refractivity (Wildman–Crippen MR) is 96.9 cm³/mol. The molecule has 7 nitrogen and oxygen atoms in total. The van der Waals surface area contributed by atoms with Crippen molar-refractivity contribution in [3.63, 3.8) is 0 Å². The van der Waals surface area contributed by atoms with Gasteiger partial charge < -0.3 is 24.9 Å². The van der Waals surface area contributed by atoms with Crippen molar-refractivity contribution in [1.29, 1.82) is 0 Å². The van der Waals surface area contributed by atoms with Gasteiger partial charge in [0.25, 0.3) is 5.91 Å². The number of aromatic nitrogens is 2. The summed E-state index contributed by atoms with van der Waals surface area (Å²) in [5.74, 6) is 0.896. The molecule has 0 radical (unpaired) electrons. The second-order valence-electron chi connectivity index (χ2n) is 6.48. The third-order valence-corrected chi connectivity index (χ3v) is 4.19. The van der Waals surface area contributed by atoms with Gasteiger partial charge in [0.1, 0.15) is 5.82 Å². The minimum atomic E-state index is -0.430. The highest BCUT2D eigenvalue weighted by molar-refractivity contribution is 5.91. The van der Waals surface area contributed by atoms with Crippen LogP contribution in [-0.4, -0.2) is 40.5 Å². The van der Waals surface area contributed by atoms with Crippen LogP contribution in [-0.2, 0) is 20.8 Å². The number of H-pyrrole nitrogens is 1. The normalized spacial score (nSPS) is 19.8. The zero-order valence-electron chi connectivity index (χ0n) is 14.9. The third kappa shape index (κ3) is 4.83. The van der Waals surface area contributed by atoms with Crippen LogP contribution in [0.15, 0.2) is 36.1 Å². The summed E-state index contributed by atoms with van der Waals surface area (Å²) >= 11 is 0. The van der Waals surface area contributed by atoms with E-state index in [9.17, 15) is 4.79 Å². The maximum absolute atomic E-state index is 12.4. The average molecular weight is 359 g/mol. The summed E-state index contributed by atoms with van der Waals surface area (Å²) in [5.41, 5.74) is 1.81. The zero-order valence-corrected chi connectivity index (χ0v) is 14.9. The van der Waals surface area contributed by atoms with Crippen molar-refractivity contribution in [1.82, 2.24) is 15.3 Å². The monoisotopic (exact) mass is 359 g/mol. The first-order valence-corrected chi connectivity index (χ1v) is 8.98. The van der Waals surface area contributed by atoms with E-state index in [4.69, 9.17) is 14.6 Å². The van der Waals surface area contributed by atoms with E-state index < -0.39 is 6.29 Å². The molecule has 2 heterocycles. The number of nitrogens with one attached hydrogen (secondary N) is 2. The molecular formula is C19H25N3O4. The molecule has 2 atom stereocenters. The number of rotatable bonds is 8. The van der Waals surface area contributed by atoms with Crippen LogP contribution in [0.2, 0.25) is 0 Å². The molecule has 0 saturated carbocycles. The van der Waals surface area contributed by atoms with E-state index in [1.807, 2.05) is 37.3 Å². The van der Waals surface area contributed by atoms with Gasteiger partial charge in [-0.25, -0.2) is 4.98 Å². The first-order chi connectivity index (χ1) is 12.7. The van der Waals surface area contributed by atoms with Gasteiger partial charge in [0, 0.05) is 13.0 Å². The van der Waals surface area contributed by atoms with Crippen molar-refractivity contribution < 1.29 is 19.4 Å². The van der Waals surface area contributed by atoms with Gasteiger partial charge in [-0.2, -0.15) is 0 Å². The van der Waals surface area contributed by atoms with E-state index in [1.54, 1.807) is 0 Å². The van der Waals surface area contributed by atoms with Gasteiger partial charge in [0.15, 0.2) is 5.76 Å². The molecular weight excluding hydrogens is 334 g/mol. The Balaban J connectivity index is 1.52. The number of imidazole rings is 1. The third-order valence-electron chi connectivity index (χ3n) is 4.19. The number of carbonyl (C=O) groups excluding carboxylic acids is 1. The summed E-state index contributed by atoms with van der Waals surface area (Å²) in [6.45, 7) is 2.98. The fourth-order valence-corrected chi connectivity index (χ4v) is 2.86. The lowest BCUT2D eigenvalue weighted by Gasteiger charge is -2.27. The molecule has 1 aromatic heterocycles. The molecule has 7 heteroatoms. The summed E-state index contributed by atoms with van der Waals surface area (Å²) in [6.07, 6.45) is 3.56. The molecule has 3 N–H and O–H groups in total. The quantitative estimate of drug-likeness (QED) is 0.628. The molecule has 0 fully saturated rings. The van der Waals surface area contributed by atoms with E-state index in [-0.39, 0.29) is 24.2 Å². The second-order valence-corrected chi connectivity index (χ2v) is 6.48. The van der Waals surface area contributed by atoms with Crippen LogP contribution in [0.1, 0.15) is 32.0 Å². The number of allylic oxidation sites excluding steroid dienone is 1. The highest BCUT2D eigenvalue weighted by atomic mass is 16.7. The van der Waals surface area contributed by atoms with Gasteiger partial charge in [-0.3, -0.25) is 4.79 Å². The largest absolute Gasteiger partial charge is 0.459 e. The molecule has 26 heavy (non-hydrogen) atoms. The van der Waals surface area contributed by atoms with Crippen molar-refractivity contribution in [3.05, 3.63) is 41.9 Å². The Bertz CT molecular complexity index is 738. The molecule has 1 aliphatic heterocycles. The van der Waals surface area contributed by atoms with Crippen molar-refractivity contribution >= 4 is 16.9 Å². The molecule has 140 valence electrons. The maximum atomic E-state index is 12.4. The van der Waals surface area contributed by atoms with Crippen molar-refractivity contribution in [2.24, 2.45) is 5.92 Å². The molecule has 1 aromatic carbocycles. The molecule has 0 saturated heterocycles. The van der Waals surface area contributed by atoms with E-state index in [0.717, 1.165) is 17.5 Å². The minimum Gasteiger partial charge on any atom is -0.459 e. The van der Waals surface area contributed by atoms with E-state index in [0.29, 0.717) is 31.8 Å². The number of unbranched alkanes of at least 4 members (excludes halogenated alkanes) is 1. The lowest BCUT2D eigenvalue weighted by Crippen LogP contribution is -2.33. The standard InChI is InChI=1S/C19H25N3O4/c1-13-10-16(26-18(11-13)25-9-5-4-8-23)19(24)20-12-17-21-14-6-2-3-7-15(14)22-17/h2-3,6-7,10,13,18,23H,4-5,8-9,11-12H2,1H3,(H,20,24)(H,21,22)/t13-,18+/m0/s1. The number of aromatic amines is 1. The van der Waals surface area contributed by atoms with Crippen LogP contribution >= 0.6 is 0 Å². The Labute approximate surface area is 152 Å². The average Bonchev–Trinajstić information content (AvgIpc) is 3.06. The molecule has 0 aliphatic carbocycles. The molecule has 3 rings (SSSR count). The number of aliphatic hydroxyl groups is 1. The smallest absolute Gasteiger partial charge is 0.286 e. The summed E-state index contributed by atoms with van der Waals surface area (Å²) in [5, 5.41) is 11.6. The summed E-state index contributed by atoms with van der Waals surface area (Å²) in [6, 6.07) is 7.73. The summed E-state index contributed by atoms with van der Waals surface area (Å²) in [7, 11) is 0. The number of ether oxygens (including phenoxy) is 2. The number of para-hydroxylation sites is 2. The number of aliphatic hydroxyl groups excluding tert-OH is 1. The fraction of sp³-hybridized carbons (Fsp3) is 0.474. The van der Waals surface area contributed by atoms with Crippen molar-refractivity contribution in [2.75, 3.05) is 13.2 Å². The number of carbonyl (C=O) groups is 1. The van der Waals surface area contributed by atoms with Gasteiger partial charge in [-0.05, 0) is 37.0 Å². The predicted octanol–water partition coefficient (Wildman–Crippen LogP) is 2.23. The van der Waals surface area contributed by atoms with Crippen LogP contribution in [0.5, 0.6) is 0 Å². The number of benzene rings is 1. The molecule has 2 aromatic rings. The minimum absolute atomic E-state index is 0.153. The number of amides is 1. The van der Waals surface area contributed by atoms with Gasteiger partial charge in [-0.15, -0.1) is 0 Å². The zero-order chi connectivity index (χ0) is 18.4. The van der Waals surface area contributed by atoms with E-state index >= 15 is 0 Å². The Kier molecular flexibility index (Phi) is 6.25. The summed E-state index contributed by atoms with van der Waals surface area (Å²) < 4.78 is 11.3. The van der Waals surface area contributed by atoms with Crippen LogP contribution in [0.25, 0.3) is 11.0 Å². The first-order valence-electron chi connectivity index (χ1n) is 8.98. The number of nitrogens with zero attached hydrogens (tertiary/aromatic N) is 1. The fourth-order valence-electron chi connectivity index (χ4n) is 2.86. The molecule has 0 spiro atoms. The molecule has 1 aliphatic rings. The lowest BCUT2D eigenvalue weighted by molar-refractivity contribution is -0.148. The van der Waals surface area contributed by atoms with Crippen LogP contribution in [0.3, 0.4) is 0 Å². The van der Waals surface area contributed by atoms with Gasteiger partial charge in [0.05, 0.1) is 24.2 Å². The Morgan fingerprint density at radius 3 is 3.08 bits per heavy atom. The first kappa shape index (κ1) is 18.4. The van der Waals surface area contributed by atoms with Gasteiger partial charge in [-0.1, -0.05) is 19.1 Å². The Morgan fingerprint density at radius 1 is 1.42 bits per heavy atom. The van der Waals surface area contributed by atoms with E-state index in [1.165, 1.54) is 0 Å². The molecule has 1 amide bonds. The highest BCUT2D eigenvalue weighted by Gasteiger charge is 2.25. The number of fused-ring (bicyclic) bond motifs is 1. The molecule has 0 unspecified atom stereocenters.